The molecule has 0 amide bonds. The molecule has 18 heavy (non-hydrogen) atoms. The summed E-state index contributed by atoms with van der Waals surface area (Å²) in [6, 6.07) is 4.49. The Morgan fingerprint density at radius 2 is 2.17 bits per heavy atom. The van der Waals surface area contributed by atoms with Gasteiger partial charge in [-0.3, -0.25) is 0 Å². The molecule has 100 valence electrons. The zero-order chi connectivity index (χ0) is 13.0. The predicted molar refractivity (Wildman–Crippen MR) is 74.2 cm³/mol. The normalized spacial score (nSPS) is 18.7. The van der Waals surface area contributed by atoms with Crippen LogP contribution in [0.1, 0.15) is 19.8 Å². The van der Waals surface area contributed by atoms with Crippen LogP contribution >= 0.6 is 0 Å². The molecule has 4 nitrogen and oxygen atoms in total. The molecule has 1 aromatic rings. The van der Waals surface area contributed by atoms with E-state index in [2.05, 4.69) is 22.1 Å². The molecular formula is C14H23N3O. The summed E-state index contributed by atoms with van der Waals surface area (Å²) in [6.07, 6.45) is 4.25. The number of nitrogens with zero attached hydrogens (tertiary/aromatic N) is 2. The van der Waals surface area contributed by atoms with E-state index < -0.39 is 0 Å². The molecule has 1 aromatic heterocycles. The van der Waals surface area contributed by atoms with Gasteiger partial charge in [0.25, 0.3) is 0 Å². The first-order valence-corrected chi connectivity index (χ1v) is 6.67. The second-order valence-electron chi connectivity index (χ2n) is 4.93. The van der Waals surface area contributed by atoms with Crippen LogP contribution in [0, 0.1) is 5.92 Å². The molecule has 2 heterocycles. The fourth-order valence-corrected chi connectivity index (χ4v) is 2.63. The molecule has 0 aliphatic carbocycles. The molecule has 1 N–H and O–H groups in total. The summed E-state index contributed by atoms with van der Waals surface area (Å²) in [7, 11) is 3.75. The second kappa shape index (κ2) is 6.05. The second-order valence-corrected chi connectivity index (χ2v) is 4.93. The number of nitrogens with one attached hydrogen (secondary N) is 1. The Labute approximate surface area is 109 Å². The Kier molecular flexibility index (Phi) is 4.42. The highest BCUT2D eigenvalue weighted by atomic mass is 16.5. The largest absolute Gasteiger partial charge is 0.493 e. The molecule has 0 saturated carbocycles. The van der Waals surface area contributed by atoms with Crippen molar-refractivity contribution in [1.29, 1.82) is 0 Å². The summed E-state index contributed by atoms with van der Waals surface area (Å²) < 4.78 is 5.38. The minimum atomic E-state index is 0.595. The van der Waals surface area contributed by atoms with Gasteiger partial charge in [0.1, 0.15) is 0 Å². The lowest BCUT2D eigenvalue weighted by Gasteiger charge is -2.35. The van der Waals surface area contributed by atoms with Crippen molar-refractivity contribution < 1.29 is 4.74 Å². The van der Waals surface area contributed by atoms with Crippen LogP contribution in [0.2, 0.25) is 0 Å². The molecule has 0 bridgehead atoms. The average Bonchev–Trinajstić information content (AvgIpc) is 2.46. The Bertz CT molecular complexity index is 375. The Hall–Kier alpha value is -1.29. The van der Waals surface area contributed by atoms with Crippen molar-refractivity contribution in [3.63, 3.8) is 0 Å². The van der Waals surface area contributed by atoms with E-state index in [0.717, 1.165) is 30.6 Å². The molecule has 1 atom stereocenters. The van der Waals surface area contributed by atoms with Crippen molar-refractivity contribution in [3.05, 3.63) is 18.3 Å². The molecule has 1 unspecified atom stereocenters. The number of ether oxygens (including phenoxy) is 1. The summed E-state index contributed by atoms with van der Waals surface area (Å²) in [5.41, 5.74) is 0. The molecule has 0 radical (unpaired) electrons. The van der Waals surface area contributed by atoms with Crippen molar-refractivity contribution in [2.24, 2.45) is 5.92 Å². The Morgan fingerprint density at radius 3 is 2.78 bits per heavy atom. The maximum Gasteiger partial charge on any atom is 0.171 e. The van der Waals surface area contributed by atoms with Crippen LogP contribution in [0.4, 0.5) is 5.82 Å². The van der Waals surface area contributed by atoms with Crippen LogP contribution in [-0.4, -0.2) is 38.3 Å². The summed E-state index contributed by atoms with van der Waals surface area (Å²) >= 11 is 0. The first kappa shape index (κ1) is 13.1. The van der Waals surface area contributed by atoms with Gasteiger partial charge >= 0.3 is 0 Å². The molecule has 0 aromatic carbocycles. The van der Waals surface area contributed by atoms with Crippen molar-refractivity contribution in [2.75, 3.05) is 32.1 Å². The van der Waals surface area contributed by atoms with E-state index in [4.69, 9.17) is 4.74 Å². The lowest BCUT2D eigenvalue weighted by Crippen LogP contribution is -2.41. The van der Waals surface area contributed by atoms with E-state index >= 15 is 0 Å². The summed E-state index contributed by atoms with van der Waals surface area (Å²) in [6.45, 7) is 4.38. The van der Waals surface area contributed by atoms with E-state index in [1.54, 1.807) is 7.11 Å². The molecular weight excluding hydrogens is 226 g/mol. The number of hydrogen-bond acceptors (Lipinski definition) is 4. The molecule has 2 rings (SSSR count). The smallest absolute Gasteiger partial charge is 0.171 e. The lowest BCUT2D eigenvalue weighted by atomic mass is 9.90. The fourth-order valence-electron chi connectivity index (χ4n) is 2.63. The maximum atomic E-state index is 5.38. The number of piperidine rings is 1. The third kappa shape index (κ3) is 2.75. The van der Waals surface area contributed by atoms with Crippen molar-refractivity contribution >= 4 is 5.82 Å². The lowest BCUT2D eigenvalue weighted by molar-refractivity contribution is 0.321. The van der Waals surface area contributed by atoms with Crippen LogP contribution in [-0.2, 0) is 0 Å². The number of rotatable bonds is 4. The molecule has 4 heteroatoms. The molecule has 1 aliphatic rings. The third-order valence-corrected chi connectivity index (χ3v) is 3.97. The standard InChI is InChI=1S/C14H23N3O/c1-11(15-2)12-6-9-17(10-7-12)14-13(18-3)5-4-8-16-14/h4-5,8,11-12,15H,6-7,9-10H2,1-3H3. The van der Waals surface area contributed by atoms with Gasteiger partial charge in [-0.15, -0.1) is 0 Å². The highest BCUT2D eigenvalue weighted by Gasteiger charge is 2.24. The SMILES string of the molecule is CNC(C)C1CCN(c2ncccc2OC)CC1. The summed E-state index contributed by atoms with van der Waals surface area (Å²) in [5, 5.41) is 3.35. The van der Waals surface area contributed by atoms with Gasteiger partial charge in [0.05, 0.1) is 7.11 Å². The quantitative estimate of drug-likeness (QED) is 0.884. The van der Waals surface area contributed by atoms with E-state index in [-0.39, 0.29) is 0 Å². The minimum Gasteiger partial charge on any atom is -0.493 e. The number of aromatic nitrogens is 1. The molecule has 0 spiro atoms. The van der Waals surface area contributed by atoms with Gasteiger partial charge in [0, 0.05) is 25.3 Å². The van der Waals surface area contributed by atoms with Gasteiger partial charge in [-0.1, -0.05) is 0 Å². The van der Waals surface area contributed by atoms with Gasteiger partial charge in [-0.05, 0) is 44.9 Å². The van der Waals surface area contributed by atoms with E-state index in [1.807, 2.05) is 25.4 Å². The van der Waals surface area contributed by atoms with Crippen LogP contribution in [0.15, 0.2) is 18.3 Å². The first-order valence-electron chi connectivity index (χ1n) is 6.67. The van der Waals surface area contributed by atoms with Crippen molar-refractivity contribution in [2.45, 2.75) is 25.8 Å². The zero-order valence-corrected chi connectivity index (χ0v) is 11.5. The van der Waals surface area contributed by atoms with Crippen molar-refractivity contribution in [3.8, 4) is 5.75 Å². The van der Waals surface area contributed by atoms with Gasteiger partial charge in [-0.2, -0.15) is 0 Å². The topological polar surface area (TPSA) is 37.4 Å². The number of anilines is 1. The third-order valence-electron chi connectivity index (χ3n) is 3.97. The highest BCUT2D eigenvalue weighted by Crippen LogP contribution is 2.29. The summed E-state index contributed by atoms with van der Waals surface area (Å²) in [5.74, 6) is 2.62. The van der Waals surface area contributed by atoms with Crippen LogP contribution in [0.3, 0.4) is 0 Å². The van der Waals surface area contributed by atoms with E-state index in [1.165, 1.54) is 12.8 Å². The number of pyridine rings is 1. The van der Waals surface area contributed by atoms with Crippen LogP contribution in [0.5, 0.6) is 5.75 Å². The summed E-state index contributed by atoms with van der Waals surface area (Å²) in [4.78, 5) is 6.78. The molecule has 1 saturated heterocycles. The molecule has 1 fully saturated rings. The first-order chi connectivity index (χ1) is 8.76. The van der Waals surface area contributed by atoms with Gasteiger partial charge in [0.15, 0.2) is 11.6 Å². The van der Waals surface area contributed by atoms with Crippen LogP contribution in [0.25, 0.3) is 0 Å². The monoisotopic (exact) mass is 249 g/mol. The van der Waals surface area contributed by atoms with Gasteiger partial charge in [0.2, 0.25) is 0 Å². The fraction of sp³-hybridized carbons (Fsp3) is 0.643. The maximum absolute atomic E-state index is 5.38. The zero-order valence-electron chi connectivity index (χ0n) is 11.5. The Balaban J connectivity index is 2.01. The van der Waals surface area contributed by atoms with E-state index in [9.17, 15) is 0 Å². The van der Waals surface area contributed by atoms with Crippen molar-refractivity contribution in [1.82, 2.24) is 10.3 Å². The number of hydrogen-bond donors (Lipinski definition) is 1. The predicted octanol–water partition coefficient (Wildman–Crippen LogP) is 1.91. The average molecular weight is 249 g/mol. The Morgan fingerprint density at radius 1 is 1.44 bits per heavy atom. The number of methoxy groups -OCH3 is 1. The minimum absolute atomic E-state index is 0.595. The highest BCUT2D eigenvalue weighted by molar-refractivity contribution is 5.52. The van der Waals surface area contributed by atoms with E-state index in [0.29, 0.717) is 6.04 Å². The van der Waals surface area contributed by atoms with Crippen LogP contribution < -0.4 is 15.0 Å². The molecule has 1 aliphatic heterocycles. The van der Waals surface area contributed by atoms with Gasteiger partial charge < -0.3 is 15.0 Å². The van der Waals surface area contributed by atoms with Gasteiger partial charge in [-0.25, -0.2) is 4.98 Å².